The summed E-state index contributed by atoms with van der Waals surface area (Å²) in [5.41, 5.74) is 5.44. The van der Waals surface area contributed by atoms with E-state index in [0.717, 1.165) is 5.69 Å². The van der Waals surface area contributed by atoms with Crippen LogP contribution in [0.15, 0.2) is 30.6 Å². The first-order valence-corrected chi connectivity index (χ1v) is 6.58. The molecule has 0 fully saturated rings. The SMILES string of the molecule is CN(c1ccc2c(c1)CCCC2)c1cnn(C)c1. The maximum Gasteiger partial charge on any atom is 0.0794 e. The van der Waals surface area contributed by atoms with E-state index in [1.165, 1.54) is 42.5 Å². The number of rotatable bonds is 2. The molecular weight excluding hydrogens is 222 g/mol. The zero-order chi connectivity index (χ0) is 12.5. The molecule has 1 heterocycles. The van der Waals surface area contributed by atoms with E-state index in [1.54, 1.807) is 0 Å². The Labute approximate surface area is 108 Å². The van der Waals surface area contributed by atoms with Crippen molar-refractivity contribution >= 4 is 11.4 Å². The molecule has 1 aliphatic carbocycles. The molecule has 0 radical (unpaired) electrons. The highest BCUT2D eigenvalue weighted by atomic mass is 15.3. The molecule has 0 spiro atoms. The molecule has 3 rings (SSSR count). The predicted octanol–water partition coefficient (Wildman–Crippen LogP) is 3.07. The van der Waals surface area contributed by atoms with E-state index in [2.05, 4.69) is 35.2 Å². The summed E-state index contributed by atoms with van der Waals surface area (Å²) in [6.07, 6.45) is 9.08. The summed E-state index contributed by atoms with van der Waals surface area (Å²) in [6.45, 7) is 0. The number of hydrogen-bond donors (Lipinski definition) is 0. The molecule has 0 saturated carbocycles. The first-order chi connectivity index (χ1) is 8.74. The van der Waals surface area contributed by atoms with E-state index in [4.69, 9.17) is 0 Å². The van der Waals surface area contributed by atoms with Gasteiger partial charge in [0.25, 0.3) is 0 Å². The van der Waals surface area contributed by atoms with Crippen LogP contribution in [-0.4, -0.2) is 16.8 Å². The van der Waals surface area contributed by atoms with Crippen LogP contribution in [0.1, 0.15) is 24.0 Å². The van der Waals surface area contributed by atoms with Gasteiger partial charge in [-0.3, -0.25) is 4.68 Å². The van der Waals surface area contributed by atoms with E-state index >= 15 is 0 Å². The van der Waals surface area contributed by atoms with E-state index in [1.807, 2.05) is 24.1 Å². The van der Waals surface area contributed by atoms with Crippen molar-refractivity contribution in [2.24, 2.45) is 7.05 Å². The fourth-order valence-electron chi connectivity index (χ4n) is 2.66. The van der Waals surface area contributed by atoms with E-state index in [-0.39, 0.29) is 0 Å². The largest absolute Gasteiger partial charge is 0.342 e. The molecule has 94 valence electrons. The van der Waals surface area contributed by atoms with Gasteiger partial charge in [-0.15, -0.1) is 0 Å². The zero-order valence-corrected chi connectivity index (χ0v) is 11.1. The van der Waals surface area contributed by atoms with Gasteiger partial charge < -0.3 is 4.90 Å². The number of anilines is 2. The third-order valence-corrected chi connectivity index (χ3v) is 3.80. The lowest BCUT2D eigenvalue weighted by atomic mass is 9.91. The standard InChI is InChI=1S/C15H19N3/c1-17-11-15(10-16-17)18(2)14-8-7-12-5-3-4-6-13(12)9-14/h7-11H,3-6H2,1-2H3. The minimum absolute atomic E-state index is 1.13. The Morgan fingerprint density at radius 1 is 1.11 bits per heavy atom. The van der Waals surface area contributed by atoms with Gasteiger partial charge in [-0.25, -0.2) is 0 Å². The highest BCUT2D eigenvalue weighted by Gasteiger charge is 2.12. The third-order valence-electron chi connectivity index (χ3n) is 3.80. The molecule has 0 bridgehead atoms. The summed E-state index contributed by atoms with van der Waals surface area (Å²) in [5, 5.41) is 4.23. The van der Waals surface area contributed by atoms with Crippen molar-refractivity contribution < 1.29 is 0 Å². The van der Waals surface area contributed by atoms with E-state index in [0.29, 0.717) is 0 Å². The van der Waals surface area contributed by atoms with Crippen molar-refractivity contribution in [3.63, 3.8) is 0 Å². The predicted molar refractivity (Wildman–Crippen MR) is 74.4 cm³/mol. The minimum atomic E-state index is 1.13. The molecule has 0 N–H and O–H groups in total. The van der Waals surface area contributed by atoms with E-state index < -0.39 is 0 Å². The number of fused-ring (bicyclic) bond motifs is 1. The Bertz CT molecular complexity index is 557. The lowest BCUT2D eigenvalue weighted by Crippen LogP contribution is -2.10. The fraction of sp³-hybridized carbons (Fsp3) is 0.400. The van der Waals surface area contributed by atoms with Gasteiger partial charge in [0.15, 0.2) is 0 Å². The first kappa shape index (κ1) is 11.3. The number of benzene rings is 1. The molecule has 3 nitrogen and oxygen atoms in total. The maximum atomic E-state index is 4.23. The average Bonchev–Trinajstić information content (AvgIpc) is 2.84. The van der Waals surface area contributed by atoms with Crippen LogP contribution in [0.25, 0.3) is 0 Å². The zero-order valence-electron chi connectivity index (χ0n) is 11.1. The third kappa shape index (κ3) is 2.01. The second-order valence-electron chi connectivity index (χ2n) is 5.09. The Morgan fingerprint density at radius 2 is 1.89 bits per heavy atom. The Balaban J connectivity index is 1.92. The molecule has 2 aromatic rings. The summed E-state index contributed by atoms with van der Waals surface area (Å²) >= 11 is 0. The van der Waals surface area contributed by atoms with Gasteiger partial charge in [0.2, 0.25) is 0 Å². The summed E-state index contributed by atoms with van der Waals surface area (Å²) in [7, 11) is 4.05. The molecule has 0 unspecified atom stereocenters. The van der Waals surface area contributed by atoms with Crippen molar-refractivity contribution in [2.75, 3.05) is 11.9 Å². The van der Waals surface area contributed by atoms with Gasteiger partial charge in [0, 0.05) is 26.0 Å². The number of aromatic nitrogens is 2. The average molecular weight is 241 g/mol. The van der Waals surface area contributed by atoms with Crippen molar-refractivity contribution in [3.05, 3.63) is 41.7 Å². The van der Waals surface area contributed by atoms with Gasteiger partial charge in [-0.05, 0) is 48.9 Å². The molecule has 0 amide bonds. The monoisotopic (exact) mass is 241 g/mol. The summed E-state index contributed by atoms with van der Waals surface area (Å²) in [4.78, 5) is 2.20. The highest BCUT2D eigenvalue weighted by molar-refractivity contribution is 5.62. The van der Waals surface area contributed by atoms with Crippen LogP contribution in [0.3, 0.4) is 0 Å². The quantitative estimate of drug-likeness (QED) is 0.805. The number of nitrogens with zero attached hydrogens (tertiary/aromatic N) is 3. The van der Waals surface area contributed by atoms with Gasteiger partial charge in [0.05, 0.1) is 11.9 Å². The molecule has 3 heteroatoms. The topological polar surface area (TPSA) is 21.1 Å². The van der Waals surface area contributed by atoms with Gasteiger partial charge in [0.1, 0.15) is 0 Å². The van der Waals surface area contributed by atoms with Crippen LogP contribution < -0.4 is 4.90 Å². The first-order valence-electron chi connectivity index (χ1n) is 6.58. The molecule has 0 aliphatic heterocycles. The number of aryl methyl sites for hydroxylation is 3. The smallest absolute Gasteiger partial charge is 0.0794 e. The van der Waals surface area contributed by atoms with Crippen LogP contribution in [0, 0.1) is 0 Å². The molecule has 1 aromatic heterocycles. The Kier molecular flexibility index (Phi) is 2.82. The molecule has 0 saturated heterocycles. The van der Waals surface area contributed by atoms with Crippen LogP contribution in [0.2, 0.25) is 0 Å². The van der Waals surface area contributed by atoms with Crippen molar-refractivity contribution in [3.8, 4) is 0 Å². The van der Waals surface area contributed by atoms with Crippen molar-refractivity contribution in [1.82, 2.24) is 9.78 Å². The van der Waals surface area contributed by atoms with Crippen molar-refractivity contribution in [2.45, 2.75) is 25.7 Å². The highest BCUT2D eigenvalue weighted by Crippen LogP contribution is 2.28. The second-order valence-corrected chi connectivity index (χ2v) is 5.09. The lowest BCUT2D eigenvalue weighted by Gasteiger charge is -2.21. The van der Waals surface area contributed by atoms with Gasteiger partial charge >= 0.3 is 0 Å². The molecule has 1 aliphatic rings. The molecule has 18 heavy (non-hydrogen) atoms. The normalized spacial score (nSPS) is 14.3. The Morgan fingerprint density at radius 3 is 2.61 bits per heavy atom. The molecular formula is C15H19N3. The minimum Gasteiger partial charge on any atom is -0.342 e. The van der Waals surface area contributed by atoms with Crippen molar-refractivity contribution in [1.29, 1.82) is 0 Å². The van der Waals surface area contributed by atoms with Gasteiger partial charge in [-0.2, -0.15) is 5.10 Å². The summed E-state index contributed by atoms with van der Waals surface area (Å²) < 4.78 is 1.84. The molecule has 1 aromatic carbocycles. The van der Waals surface area contributed by atoms with E-state index in [9.17, 15) is 0 Å². The number of hydrogen-bond acceptors (Lipinski definition) is 2. The van der Waals surface area contributed by atoms with Gasteiger partial charge in [-0.1, -0.05) is 6.07 Å². The van der Waals surface area contributed by atoms with Crippen LogP contribution in [-0.2, 0) is 19.9 Å². The second kappa shape index (κ2) is 4.48. The Hall–Kier alpha value is -1.77. The van der Waals surface area contributed by atoms with Crippen LogP contribution in [0.5, 0.6) is 0 Å². The van der Waals surface area contributed by atoms with Crippen LogP contribution in [0.4, 0.5) is 11.4 Å². The fourth-order valence-corrected chi connectivity index (χ4v) is 2.66. The maximum absolute atomic E-state index is 4.23. The molecule has 0 atom stereocenters. The van der Waals surface area contributed by atoms with Crippen LogP contribution >= 0.6 is 0 Å². The summed E-state index contributed by atoms with van der Waals surface area (Å²) in [5.74, 6) is 0. The lowest BCUT2D eigenvalue weighted by molar-refractivity contribution is 0.685. The summed E-state index contributed by atoms with van der Waals surface area (Å²) in [6, 6.07) is 6.84.